The summed E-state index contributed by atoms with van der Waals surface area (Å²) in [6.45, 7) is 7.91. The predicted octanol–water partition coefficient (Wildman–Crippen LogP) is 4.95. The van der Waals surface area contributed by atoms with Gasteiger partial charge in [0.1, 0.15) is 9.88 Å². The van der Waals surface area contributed by atoms with Gasteiger partial charge in [0.25, 0.3) is 5.69 Å². The topological polar surface area (TPSA) is 82.3 Å². The molecule has 1 heterocycles. The number of rotatable bonds is 7. The minimum Gasteiger partial charge on any atom is -0.462 e. The van der Waals surface area contributed by atoms with Gasteiger partial charge in [-0.2, -0.15) is 0 Å². The molecule has 134 valence electrons. The van der Waals surface area contributed by atoms with Crippen LogP contribution in [0.1, 0.15) is 36.1 Å². The zero-order chi connectivity index (χ0) is 18.6. The number of nitrogens with zero attached hydrogens (tertiary/aromatic N) is 2. The second kappa shape index (κ2) is 8.44. The fourth-order valence-corrected chi connectivity index (χ4v) is 3.99. The van der Waals surface area contributed by atoms with E-state index in [0.717, 1.165) is 5.75 Å². The molecule has 0 saturated carbocycles. The Morgan fingerprint density at radius 2 is 2.16 bits per heavy atom. The molecular formula is C17H20N2O4S2. The Hall–Kier alpha value is -1.93. The number of carbonyl (C=O) groups is 1. The van der Waals surface area contributed by atoms with Gasteiger partial charge in [-0.15, -0.1) is 23.1 Å². The lowest BCUT2D eigenvalue weighted by Gasteiger charge is -2.06. The van der Waals surface area contributed by atoms with Crippen LogP contribution in [0.2, 0.25) is 0 Å². The number of thiazole rings is 1. The highest BCUT2D eigenvalue weighted by Crippen LogP contribution is 2.36. The van der Waals surface area contributed by atoms with E-state index in [4.69, 9.17) is 4.74 Å². The maximum absolute atomic E-state index is 11.9. The summed E-state index contributed by atoms with van der Waals surface area (Å²) >= 11 is 2.66. The highest BCUT2D eigenvalue weighted by molar-refractivity contribution is 7.99. The highest BCUT2D eigenvalue weighted by atomic mass is 32.2. The van der Waals surface area contributed by atoms with Crippen molar-refractivity contribution in [2.24, 2.45) is 5.92 Å². The van der Waals surface area contributed by atoms with Crippen LogP contribution in [0.15, 0.2) is 23.1 Å². The van der Waals surface area contributed by atoms with Gasteiger partial charge < -0.3 is 4.74 Å². The molecule has 0 aliphatic rings. The van der Waals surface area contributed by atoms with Gasteiger partial charge >= 0.3 is 5.97 Å². The third-order valence-corrected chi connectivity index (χ3v) is 5.91. The molecule has 0 atom stereocenters. The van der Waals surface area contributed by atoms with Crippen LogP contribution in [0, 0.1) is 23.0 Å². The summed E-state index contributed by atoms with van der Waals surface area (Å²) in [5, 5.41) is 12.0. The van der Waals surface area contributed by atoms with Crippen molar-refractivity contribution in [3.8, 4) is 10.6 Å². The molecule has 0 unspecified atom stereocenters. The standard InChI is InChI=1S/C17H20N2O4S2/c1-5-23-17(20)15-11(4)18-16(25-15)12-6-7-14(24-9-10(2)3)13(8-12)19(21)22/h6-8,10H,5,9H2,1-4H3. The van der Waals surface area contributed by atoms with Gasteiger partial charge in [0.15, 0.2) is 0 Å². The number of thioether (sulfide) groups is 1. The number of carbonyl (C=O) groups excluding carboxylic acids is 1. The van der Waals surface area contributed by atoms with Gasteiger partial charge in [-0.3, -0.25) is 10.1 Å². The van der Waals surface area contributed by atoms with Crippen molar-refractivity contribution >= 4 is 34.8 Å². The van der Waals surface area contributed by atoms with Gasteiger partial charge in [-0.25, -0.2) is 9.78 Å². The molecule has 2 rings (SSSR count). The van der Waals surface area contributed by atoms with Crippen molar-refractivity contribution in [3.63, 3.8) is 0 Å². The van der Waals surface area contributed by atoms with Crippen molar-refractivity contribution < 1.29 is 14.5 Å². The van der Waals surface area contributed by atoms with E-state index in [0.29, 0.717) is 38.6 Å². The van der Waals surface area contributed by atoms with Crippen LogP contribution in [0.5, 0.6) is 0 Å². The smallest absolute Gasteiger partial charge is 0.350 e. The molecule has 0 N–H and O–H groups in total. The lowest BCUT2D eigenvalue weighted by atomic mass is 10.2. The lowest BCUT2D eigenvalue weighted by Crippen LogP contribution is -2.03. The number of aromatic nitrogens is 1. The van der Waals surface area contributed by atoms with Crippen molar-refractivity contribution in [2.75, 3.05) is 12.4 Å². The van der Waals surface area contributed by atoms with E-state index >= 15 is 0 Å². The number of aryl methyl sites for hydroxylation is 1. The molecule has 0 saturated heterocycles. The minimum absolute atomic E-state index is 0.0636. The Balaban J connectivity index is 2.37. The highest BCUT2D eigenvalue weighted by Gasteiger charge is 2.20. The number of nitro benzene ring substituents is 1. The summed E-state index contributed by atoms with van der Waals surface area (Å²) < 4.78 is 5.01. The summed E-state index contributed by atoms with van der Waals surface area (Å²) in [7, 11) is 0. The van der Waals surface area contributed by atoms with Gasteiger partial charge in [0, 0.05) is 17.4 Å². The van der Waals surface area contributed by atoms with Gasteiger partial charge in [0.05, 0.1) is 22.1 Å². The predicted molar refractivity (Wildman–Crippen MR) is 100 cm³/mol. The molecule has 0 bridgehead atoms. The second-order valence-corrected chi connectivity index (χ2v) is 7.86. The zero-order valence-electron chi connectivity index (χ0n) is 14.6. The molecule has 2 aromatic rings. The molecule has 0 amide bonds. The monoisotopic (exact) mass is 380 g/mol. The summed E-state index contributed by atoms with van der Waals surface area (Å²) in [4.78, 5) is 28.4. The quantitative estimate of drug-likeness (QED) is 0.292. The van der Waals surface area contributed by atoms with Crippen molar-refractivity contribution in [1.29, 1.82) is 0 Å². The Bertz CT molecular complexity index is 787. The third kappa shape index (κ3) is 4.79. The molecule has 0 aliphatic carbocycles. The fourth-order valence-electron chi connectivity index (χ4n) is 2.08. The number of hydrogen-bond acceptors (Lipinski definition) is 7. The number of ether oxygens (including phenoxy) is 1. The fraction of sp³-hybridized carbons (Fsp3) is 0.412. The van der Waals surface area contributed by atoms with Crippen LogP contribution < -0.4 is 0 Å². The second-order valence-electron chi connectivity index (χ2n) is 5.80. The molecule has 0 fully saturated rings. The molecule has 8 heteroatoms. The summed E-state index contributed by atoms with van der Waals surface area (Å²) in [5.74, 6) is 0.837. The Morgan fingerprint density at radius 3 is 2.76 bits per heavy atom. The summed E-state index contributed by atoms with van der Waals surface area (Å²) in [6, 6.07) is 5.08. The first-order valence-corrected chi connectivity index (χ1v) is 9.69. The van der Waals surface area contributed by atoms with E-state index < -0.39 is 5.97 Å². The summed E-state index contributed by atoms with van der Waals surface area (Å²) in [5.41, 5.74) is 1.26. The van der Waals surface area contributed by atoms with Crippen molar-refractivity contribution in [1.82, 2.24) is 4.98 Å². The van der Waals surface area contributed by atoms with E-state index in [1.54, 1.807) is 19.9 Å². The van der Waals surface area contributed by atoms with E-state index in [-0.39, 0.29) is 10.6 Å². The van der Waals surface area contributed by atoms with Gasteiger partial charge in [-0.05, 0) is 25.8 Å². The van der Waals surface area contributed by atoms with E-state index in [2.05, 4.69) is 18.8 Å². The van der Waals surface area contributed by atoms with Crippen LogP contribution in [-0.4, -0.2) is 28.2 Å². The van der Waals surface area contributed by atoms with Gasteiger partial charge in [-0.1, -0.05) is 19.9 Å². The maximum Gasteiger partial charge on any atom is 0.350 e. The first-order chi connectivity index (χ1) is 11.8. The number of esters is 1. The Kier molecular flexibility index (Phi) is 6.55. The first-order valence-electron chi connectivity index (χ1n) is 7.89. The zero-order valence-corrected chi connectivity index (χ0v) is 16.2. The van der Waals surface area contributed by atoms with Crippen LogP contribution in [0.3, 0.4) is 0 Å². The van der Waals surface area contributed by atoms with E-state index in [1.165, 1.54) is 29.2 Å². The van der Waals surface area contributed by atoms with Crippen molar-refractivity contribution in [2.45, 2.75) is 32.6 Å². The number of benzene rings is 1. The molecule has 0 radical (unpaired) electrons. The average molecular weight is 380 g/mol. The maximum atomic E-state index is 11.9. The molecule has 1 aromatic heterocycles. The van der Waals surface area contributed by atoms with Crippen LogP contribution in [0.4, 0.5) is 5.69 Å². The van der Waals surface area contributed by atoms with Crippen LogP contribution >= 0.6 is 23.1 Å². The number of hydrogen-bond donors (Lipinski definition) is 0. The lowest BCUT2D eigenvalue weighted by molar-refractivity contribution is -0.387. The molecule has 25 heavy (non-hydrogen) atoms. The molecule has 6 nitrogen and oxygen atoms in total. The van der Waals surface area contributed by atoms with Crippen molar-refractivity contribution in [3.05, 3.63) is 38.9 Å². The molecule has 1 aromatic carbocycles. The molecule has 0 spiro atoms. The molecular weight excluding hydrogens is 360 g/mol. The van der Waals surface area contributed by atoms with Crippen LogP contribution in [0.25, 0.3) is 10.6 Å². The van der Waals surface area contributed by atoms with E-state index in [9.17, 15) is 14.9 Å². The third-order valence-electron chi connectivity index (χ3n) is 3.23. The largest absolute Gasteiger partial charge is 0.462 e. The van der Waals surface area contributed by atoms with Crippen LogP contribution in [-0.2, 0) is 4.74 Å². The van der Waals surface area contributed by atoms with E-state index in [1.807, 2.05) is 6.07 Å². The first kappa shape index (κ1) is 19.4. The summed E-state index contributed by atoms with van der Waals surface area (Å²) in [6.07, 6.45) is 0. The number of nitro groups is 1. The Morgan fingerprint density at radius 1 is 1.44 bits per heavy atom. The Labute approximate surface area is 154 Å². The molecule has 0 aliphatic heterocycles. The SMILES string of the molecule is CCOC(=O)c1sc(-c2ccc(SCC(C)C)c([N+](=O)[O-])c2)nc1C. The minimum atomic E-state index is -0.414. The average Bonchev–Trinajstić information content (AvgIpc) is 2.94. The normalized spacial score (nSPS) is 10.9. The van der Waals surface area contributed by atoms with Gasteiger partial charge in [0.2, 0.25) is 0 Å².